The fraction of sp³-hybridized carbons (Fsp3) is 0.333. The van der Waals surface area contributed by atoms with Crippen LogP contribution in [0.15, 0.2) is 47.4 Å². The van der Waals surface area contributed by atoms with Crippen LogP contribution in [0.1, 0.15) is 5.56 Å². The van der Waals surface area contributed by atoms with Gasteiger partial charge in [-0.1, -0.05) is 30.3 Å². The van der Waals surface area contributed by atoms with Crippen LogP contribution in [0.5, 0.6) is 0 Å². The van der Waals surface area contributed by atoms with E-state index in [1.807, 2.05) is 30.1 Å². The monoisotopic (exact) mass is 272 g/mol. The third-order valence-electron chi connectivity index (χ3n) is 3.22. The van der Waals surface area contributed by atoms with Crippen molar-refractivity contribution in [3.05, 3.63) is 58.5 Å². The van der Waals surface area contributed by atoms with Crippen LogP contribution in [0.25, 0.3) is 0 Å². The van der Waals surface area contributed by atoms with Crippen molar-refractivity contribution in [2.24, 2.45) is 5.73 Å². The number of aromatic nitrogens is 2. The van der Waals surface area contributed by atoms with E-state index in [1.54, 1.807) is 12.3 Å². The lowest BCUT2D eigenvalue weighted by molar-refractivity contribution is 0.577. The Balaban J connectivity index is 2.05. The van der Waals surface area contributed by atoms with Gasteiger partial charge in [-0.15, -0.1) is 0 Å². The van der Waals surface area contributed by atoms with Crippen molar-refractivity contribution in [2.75, 3.05) is 25.0 Å². The van der Waals surface area contributed by atoms with Crippen molar-refractivity contribution < 1.29 is 0 Å². The van der Waals surface area contributed by atoms with E-state index in [9.17, 15) is 4.79 Å². The average molecular weight is 272 g/mol. The molecular formula is C15H20N4O. The molecule has 2 rings (SSSR count). The van der Waals surface area contributed by atoms with Crippen LogP contribution >= 0.6 is 0 Å². The van der Waals surface area contributed by atoms with Crippen molar-refractivity contribution >= 4 is 5.69 Å². The molecule has 0 fully saturated rings. The Kier molecular flexibility index (Phi) is 4.90. The highest BCUT2D eigenvalue weighted by atomic mass is 16.1. The maximum Gasteiger partial charge on any atom is 0.268 e. The van der Waals surface area contributed by atoms with Crippen molar-refractivity contribution in [2.45, 2.75) is 13.0 Å². The molecule has 1 aromatic heterocycles. The van der Waals surface area contributed by atoms with Gasteiger partial charge in [0.25, 0.3) is 5.56 Å². The molecule has 0 aliphatic carbocycles. The van der Waals surface area contributed by atoms with Crippen LogP contribution in [0.3, 0.4) is 0 Å². The second-order valence-corrected chi connectivity index (χ2v) is 4.72. The molecule has 0 amide bonds. The summed E-state index contributed by atoms with van der Waals surface area (Å²) < 4.78 is 1.49. The molecule has 20 heavy (non-hydrogen) atoms. The number of anilines is 1. The summed E-state index contributed by atoms with van der Waals surface area (Å²) in [5.74, 6) is 0. The van der Waals surface area contributed by atoms with Crippen LogP contribution in [0.4, 0.5) is 5.69 Å². The van der Waals surface area contributed by atoms with Gasteiger partial charge in [0.15, 0.2) is 0 Å². The average Bonchev–Trinajstić information content (AvgIpc) is 2.47. The van der Waals surface area contributed by atoms with Gasteiger partial charge in [-0.3, -0.25) is 4.79 Å². The fourth-order valence-electron chi connectivity index (χ4n) is 2.00. The first kappa shape index (κ1) is 14.3. The Labute approximate surface area is 118 Å². The molecule has 0 spiro atoms. The Morgan fingerprint density at radius 2 is 2.05 bits per heavy atom. The van der Waals surface area contributed by atoms with Gasteiger partial charge in [-0.2, -0.15) is 5.10 Å². The Morgan fingerprint density at radius 3 is 2.70 bits per heavy atom. The lowest BCUT2D eigenvalue weighted by Gasteiger charge is -2.17. The molecule has 0 aliphatic heterocycles. The van der Waals surface area contributed by atoms with Crippen LogP contribution in [-0.2, 0) is 13.0 Å². The predicted molar refractivity (Wildman–Crippen MR) is 81.0 cm³/mol. The van der Waals surface area contributed by atoms with Gasteiger partial charge < -0.3 is 10.6 Å². The van der Waals surface area contributed by atoms with Gasteiger partial charge in [0.2, 0.25) is 0 Å². The van der Waals surface area contributed by atoms with Gasteiger partial charge in [-0.05, 0) is 12.0 Å². The molecule has 5 nitrogen and oxygen atoms in total. The standard InChI is InChI=1S/C15H20N4O/c1-18(10-8-16)14-11-15(20)19(17-12-14)9-7-13-5-3-2-4-6-13/h2-6,11-12H,7-10,16H2,1H3. The summed E-state index contributed by atoms with van der Waals surface area (Å²) in [6.07, 6.45) is 2.51. The highest BCUT2D eigenvalue weighted by Crippen LogP contribution is 2.06. The summed E-state index contributed by atoms with van der Waals surface area (Å²) >= 11 is 0. The summed E-state index contributed by atoms with van der Waals surface area (Å²) in [5, 5.41) is 4.22. The Morgan fingerprint density at radius 1 is 1.30 bits per heavy atom. The first-order valence-corrected chi connectivity index (χ1v) is 6.73. The largest absolute Gasteiger partial charge is 0.372 e. The number of aryl methyl sites for hydroxylation is 2. The van der Waals surface area contributed by atoms with Gasteiger partial charge in [-0.25, -0.2) is 4.68 Å². The molecule has 2 aromatic rings. The first-order chi connectivity index (χ1) is 9.70. The van der Waals surface area contributed by atoms with E-state index in [1.165, 1.54) is 10.2 Å². The zero-order valence-corrected chi connectivity index (χ0v) is 11.7. The molecule has 0 atom stereocenters. The molecule has 0 bridgehead atoms. The quantitative estimate of drug-likeness (QED) is 0.848. The predicted octanol–water partition coefficient (Wildman–Crippen LogP) is 0.881. The molecule has 2 N–H and O–H groups in total. The van der Waals surface area contributed by atoms with Crippen LogP contribution < -0.4 is 16.2 Å². The van der Waals surface area contributed by atoms with Crippen molar-refractivity contribution in [3.8, 4) is 0 Å². The molecule has 1 aromatic carbocycles. The van der Waals surface area contributed by atoms with Crippen molar-refractivity contribution in [1.29, 1.82) is 0 Å². The van der Waals surface area contributed by atoms with E-state index < -0.39 is 0 Å². The minimum absolute atomic E-state index is 0.0812. The first-order valence-electron chi connectivity index (χ1n) is 6.73. The molecule has 0 unspecified atom stereocenters. The molecule has 5 heteroatoms. The van der Waals surface area contributed by atoms with E-state index in [2.05, 4.69) is 17.2 Å². The molecule has 0 saturated heterocycles. The topological polar surface area (TPSA) is 64.2 Å². The van der Waals surface area contributed by atoms with Crippen molar-refractivity contribution in [1.82, 2.24) is 9.78 Å². The molecule has 0 radical (unpaired) electrons. The van der Waals surface area contributed by atoms with E-state index in [0.717, 1.165) is 12.1 Å². The lowest BCUT2D eigenvalue weighted by atomic mass is 10.1. The lowest BCUT2D eigenvalue weighted by Crippen LogP contribution is -2.29. The molecule has 1 heterocycles. The number of likely N-dealkylation sites (N-methyl/N-ethyl adjacent to an activating group) is 1. The second kappa shape index (κ2) is 6.86. The molecular weight excluding hydrogens is 252 g/mol. The Bertz CT molecular complexity index is 594. The van der Waals surface area contributed by atoms with Gasteiger partial charge in [0.05, 0.1) is 11.9 Å². The van der Waals surface area contributed by atoms with Crippen LogP contribution in [0, 0.1) is 0 Å². The summed E-state index contributed by atoms with van der Waals surface area (Å²) in [6, 6.07) is 11.7. The van der Waals surface area contributed by atoms with E-state index in [0.29, 0.717) is 19.6 Å². The number of benzene rings is 1. The minimum Gasteiger partial charge on any atom is -0.372 e. The minimum atomic E-state index is -0.0812. The van der Waals surface area contributed by atoms with E-state index in [-0.39, 0.29) is 5.56 Å². The summed E-state index contributed by atoms with van der Waals surface area (Å²) in [6.45, 7) is 1.84. The number of rotatable bonds is 6. The normalized spacial score (nSPS) is 10.5. The smallest absolute Gasteiger partial charge is 0.268 e. The number of nitrogens with zero attached hydrogens (tertiary/aromatic N) is 3. The van der Waals surface area contributed by atoms with E-state index in [4.69, 9.17) is 5.73 Å². The maximum atomic E-state index is 12.0. The number of nitrogens with two attached hydrogens (primary N) is 1. The number of hydrogen-bond acceptors (Lipinski definition) is 4. The third-order valence-corrected chi connectivity index (χ3v) is 3.22. The summed E-state index contributed by atoms with van der Waals surface area (Å²) in [4.78, 5) is 13.9. The number of hydrogen-bond donors (Lipinski definition) is 1. The van der Waals surface area contributed by atoms with Gasteiger partial charge in [0, 0.05) is 32.7 Å². The molecule has 106 valence electrons. The highest BCUT2D eigenvalue weighted by molar-refractivity contribution is 5.41. The molecule has 0 saturated carbocycles. The van der Waals surface area contributed by atoms with E-state index >= 15 is 0 Å². The second-order valence-electron chi connectivity index (χ2n) is 4.72. The maximum absolute atomic E-state index is 12.0. The van der Waals surface area contributed by atoms with Crippen LogP contribution in [0.2, 0.25) is 0 Å². The fourth-order valence-corrected chi connectivity index (χ4v) is 2.00. The Hall–Kier alpha value is -2.14. The van der Waals surface area contributed by atoms with Gasteiger partial charge in [0.1, 0.15) is 0 Å². The van der Waals surface area contributed by atoms with Crippen LogP contribution in [-0.4, -0.2) is 29.9 Å². The van der Waals surface area contributed by atoms with Crippen molar-refractivity contribution in [3.63, 3.8) is 0 Å². The summed E-state index contributed by atoms with van der Waals surface area (Å²) in [7, 11) is 1.90. The molecule has 0 aliphatic rings. The zero-order chi connectivity index (χ0) is 14.4. The zero-order valence-electron chi connectivity index (χ0n) is 11.7. The summed E-state index contributed by atoms with van der Waals surface area (Å²) in [5.41, 5.74) is 7.42. The van der Waals surface area contributed by atoms with Gasteiger partial charge >= 0.3 is 0 Å². The SMILES string of the molecule is CN(CCN)c1cnn(CCc2ccccc2)c(=O)c1. The third kappa shape index (κ3) is 3.68. The highest BCUT2D eigenvalue weighted by Gasteiger charge is 2.04.